The van der Waals surface area contributed by atoms with Gasteiger partial charge in [0.1, 0.15) is 5.82 Å². The van der Waals surface area contributed by atoms with E-state index in [9.17, 15) is 4.39 Å². The van der Waals surface area contributed by atoms with E-state index in [1.807, 2.05) is 6.07 Å². The van der Waals surface area contributed by atoms with Crippen molar-refractivity contribution >= 4 is 11.6 Å². The second-order valence-corrected chi connectivity index (χ2v) is 7.90. The third kappa shape index (κ3) is 5.07. The van der Waals surface area contributed by atoms with E-state index >= 15 is 0 Å². The lowest BCUT2D eigenvalue weighted by molar-refractivity contribution is 0.308. The van der Waals surface area contributed by atoms with Gasteiger partial charge in [-0.15, -0.1) is 0 Å². The third-order valence-electron chi connectivity index (χ3n) is 5.68. The van der Waals surface area contributed by atoms with Gasteiger partial charge in [-0.05, 0) is 79.2 Å². The van der Waals surface area contributed by atoms with E-state index in [2.05, 4.69) is 31.2 Å². The lowest BCUT2D eigenvalue weighted by atomic mass is 9.77. The Kier molecular flexibility index (Phi) is 6.53. The molecule has 0 aromatic heterocycles. The Balaban J connectivity index is 1.53. The lowest BCUT2D eigenvalue weighted by Gasteiger charge is -2.28. The van der Waals surface area contributed by atoms with Gasteiger partial charge in [0.05, 0.1) is 5.02 Å². The predicted molar refractivity (Wildman–Crippen MR) is 105 cm³/mol. The molecule has 0 heterocycles. The highest BCUT2D eigenvalue weighted by atomic mass is 35.5. The molecule has 0 amide bonds. The Morgan fingerprint density at radius 3 is 2.20 bits per heavy atom. The van der Waals surface area contributed by atoms with Gasteiger partial charge in [-0.2, -0.15) is 0 Å². The van der Waals surface area contributed by atoms with Crippen molar-refractivity contribution < 1.29 is 4.39 Å². The zero-order valence-corrected chi connectivity index (χ0v) is 15.9. The molecule has 2 aromatic carbocycles. The minimum atomic E-state index is -0.326. The monoisotopic (exact) mass is 358 g/mol. The highest BCUT2D eigenvalue weighted by Crippen LogP contribution is 2.37. The normalized spacial score (nSPS) is 20.6. The Hall–Kier alpha value is -1.34. The second-order valence-electron chi connectivity index (χ2n) is 7.50. The first-order valence-electron chi connectivity index (χ1n) is 9.68. The number of hydrogen-bond donors (Lipinski definition) is 0. The fourth-order valence-electron chi connectivity index (χ4n) is 4.13. The second kappa shape index (κ2) is 8.85. The first kappa shape index (κ1) is 18.5. The molecule has 0 spiro atoms. The fourth-order valence-corrected chi connectivity index (χ4v) is 4.25. The molecule has 2 aromatic rings. The van der Waals surface area contributed by atoms with Crippen molar-refractivity contribution in [2.75, 3.05) is 0 Å². The van der Waals surface area contributed by atoms with Crippen LogP contribution in [-0.2, 0) is 12.8 Å². The van der Waals surface area contributed by atoms with Crippen LogP contribution < -0.4 is 0 Å². The quantitative estimate of drug-likeness (QED) is 0.506. The maximum absolute atomic E-state index is 13.5. The summed E-state index contributed by atoms with van der Waals surface area (Å²) in [5, 5.41) is 0.196. The molecule has 25 heavy (non-hydrogen) atoms. The number of rotatable bonds is 6. The van der Waals surface area contributed by atoms with Crippen molar-refractivity contribution in [1.29, 1.82) is 0 Å². The third-order valence-corrected chi connectivity index (χ3v) is 5.99. The van der Waals surface area contributed by atoms with Crippen LogP contribution in [0.15, 0.2) is 42.5 Å². The van der Waals surface area contributed by atoms with Gasteiger partial charge in [-0.1, -0.05) is 61.7 Å². The lowest BCUT2D eigenvalue weighted by Crippen LogP contribution is -2.13. The minimum absolute atomic E-state index is 0.196. The molecule has 0 nitrogen and oxygen atoms in total. The van der Waals surface area contributed by atoms with Gasteiger partial charge in [-0.25, -0.2) is 4.39 Å². The van der Waals surface area contributed by atoms with Crippen molar-refractivity contribution in [1.82, 2.24) is 0 Å². The van der Waals surface area contributed by atoms with Crippen molar-refractivity contribution in [2.24, 2.45) is 5.92 Å². The minimum Gasteiger partial charge on any atom is -0.205 e. The molecule has 1 fully saturated rings. The van der Waals surface area contributed by atoms with Gasteiger partial charge >= 0.3 is 0 Å². The zero-order chi connectivity index (χ0) is 17.6. The molecule has 2 heteroatoms. The Morgan fingerprint density at radius 2 is 1.56 bits per heavy atom. The van der Waals surface area contributed by atoms with Crippen LogP contribution in [0.1, 0.15) is 68.1 Å². The number of hydrogen-bond acceptors (Lipinski definition) is 0. The average Bonchev–Trinajstić information content (AvgIpc) is 2.64. The predicted octanol–water partition coefficient (Wildman–Crippen LogP) is 7.34. The van der Waals surface area contributed by atoms with E-state index in [0.717, 1.165) is 30.2 Å². The zero-order valence-electron chi connectivity index (χ0n) is 15.1. The van der Waals surface area contributed by atoms with Crippen LogP contribution in [0.5, 0.6) is 0 Å². The Bertz CT molecular complexity index is 669. The molecule has 0 bridgehead atoms. The van der Waals surface area contributed by atoms with E-state index in [-0.39, 0.29) is 10.8 Å². The van der Waals surface area contributed by atoms with Crippen LogP contribution in [0.4, 0.5) is 4.39 Å². The molecule has 0 N–H and O–H groups in total. The van der Waals surface area contributed by atoms with Crippen molar-refractivity contribution in [3.05, 3.63) is 70.0 Å². The van der Waals surface area contributed by atoms with Crippen LogP contribution >= 0.6 is 11.6 Å². The summed E-state index contributed by atoms with van der Waals surface area (Å²) in [6, 6.07) is 14.2. The van der Waals surface area contributed by atoms with Crippen LogP contribution in [-0.4, -0.2) is 0 Å². The smallest absolute Gasteiger partial charge is 0.142 e. The summed E-state index contributed by atoms with van der Waals surface area (Å²) in [7, 11) is 0. The molecule has 0 atom stereocenters. The molecule has 0 radical (unpaired) electrons. The molecule has 1 aliphatic carbocycles. The summed E-state index contributed by atoms with van der Waals surface area (Å²) >= 11 is 5.74. The first-order chi connectivity index (χ1) is 12.2. The molecular weight excluding hydrogens is 331 g/mol. The van der Waals surface area contributed by atoms with Gasteiger partial charge in [-0.3, -0.25) is 0 Å². The molecule has 0 aliphatic heterocycles. The molecule has 1 saturated carbocycles. The van der Waals surface area contributed by atoms with E-state index in [1.165, 1.54) is 49.7 Å². The van der Waals surface area contributed by atoms with E-state index in [4.69, 9.17) is 11.6 Å². The Labute approximate surface area is 156 Å². The van der Waals surface area contributed by atoms with Gasteiger partial charge in [0.2, 0.25) is 0 Å². The molecule has 3 rings (SSSR count). The highest BCUT2D eigenvalue weighted by molar-refractivity contribution is 6.30. The van der Waals surface area contributed by atoms with Crippen LogP contribution in [0.2, 0.25) is 5.02 Å². The number of benzene rings is 2. The molecular formula is C23H28ClF. The molecule has 134 valence electrons. The summed E-state index contributed by atoms with van der Waals surface area (Å²) in [6.07, 6.45) is 9.96. The van der Waals surface area contributed by atoms with Crippen LogP contribution in [0.25, 0.3) is 0 Å². The van der Waals surface area contributed by atoms with Crippen molar-refractivity contribution in [2.45, 2.75) is 64.2 Å². The average molecular weight is 359 g/mol. The fraction of sp³-hybridized carbons (Fsp3) is 0.478. The van der Waals surface area contributed by atoms with E-state index in [0.29, 0.717) is 0 Å². The van der Waals surface area contributed by atoms with E-state index in [1.54, 1.807) is 12.1 Å². The Morgan fingerprint density at radius 1 is 0.920 bits per heavy atom. The number of halogens is 2. The van der Waals surface area contributed by atoms with Crippen molar-refractivity contribution in [3.63, 3.8) is 0 Å². The maximum atomic E-state index is 13.5. The van der Waals surface area contributed by atoms with Crippen LogP contribution in [0.3, 0.4) is 0 Å². The SMILES string of the molecule is CCC[C@H]1CC[C@H](c2ccc(CCc3ccc(Cl)c(F)c3)cc2)CC1. The summed E-state index contributed by atoms with van der Waals surface area (Å²) in [5.74, 6) is 1.38. The van der Waals surface area contributed by atoms with Gasteiger partial charge in [0.15, 0.2) is 0 Å². The van der Waals surface area contributed by atoms with Gasteiger partial charge in [0.25, 0.3) is 0 Å². The first-order valence-corrected chi connectivity index (χ1v) is 10.1. The molecule has 0 saturated heterocycles. The summed E-state index contributed by atoms with van der Waals surface area (Å²) in [6.45, 7) is 2.29. The summed E-state index contributed by atoms with van der Waals surface area (Å²) < 4.78 is 13.5. The topological polar surface area (TPSA) is 0 Å². The molecule has 0 unspecified atom stereocenters. The number of aryl methyl sites for hydroxylation is 2. The standard InChI is InChI=1S/C23H28ClF/c1-2-3-17-6-11-20(12-7-17)21-13-8-18(9-14-21)4-5-19-10-15-22(24)23(25)16-19/h8-10,13-17,20H,2-7,11-12H2,1H3/t17-,20-. The largest absolute Gasteiger partial charge is 0.205 e. The van der Waals surface area contributed by atoms with E-state index < -0.39 is 0 Å². The highest BCUT2D eigenvalue weighted by Gasteiger charge is 2.21. The summed E-state index contributed by atoms with van der Waals surface area (Å²) in [5.41, 5.74) is 3.82. The van der Waals surface area contributed by atoms with Crippen LogP contribution in [0, 0.1) is 11.7 Å². The van der Waals surface area contributed by atoms with Gasteiger partial charge < -0.3 is 0 Å². The molecule has 1 aliphatic rings. The maximum Gasteiger partial charge on any atom is 0.142 e. The summed E-state index contributed by atoms with van der Waals surface area (Å²) in [4.78, 5) is 0. The van der Waals surface area contributed by atoms with Crippen molar-refractivity contribution in [3.8, 4) is 0 Å². The van der Waals surface area contributed by atoms with Gasteiger partial charge in [0, 0.05) is 0 Å².